The smallest absolute Gasteiger partial charge is 0.283 e. The second kappa shape index (κ2) is 7.82. The van der Waals surface area contributed by atoms with Crippen LogP contribution in [-0.2, 0) is 0 Å². The van der Waals surface area contributed by atoms with Crippen molar-refractivity contribution in [2.24, 2.45) is 0 Å². The van der Waals surface area contributed by atoms with Gasteiger partial charge in [0.2, 0.25) is 0 Å². The van der Waals surface area contributed by atoms with Crippen molar-refractivity contribution >= 4 is 40.1 Å². The molecule has 26 heavy (non-hydrogen) atoms. The zero-order valence-electron chi connectivity index (χ0n) is 13.5. The van der Waals surface area contributed by atoms with Crippen molar-refractivity contribution in [3.05, 3.63) is 64.0 Å². The fourth-order valence-corrected chi connectivity index (χ4v) is 3.20. The van der Waals surface area contributed by atoms with E-state index in [1.54, 1.807) is 18.2 Å². The number of nitro benzene ring substituents is 1. The monoisotopic (exact) mass is 366 g/mol. The molecule has 0 saturated heterocycles. The molecule has 0 saturated carbocycles. The Morgan fingerprint density at radius 3 is 2.88 bits per heavy atom. The molecule has 7 nitrogen and oxygen atoms in total. The summed E-state index contributed by atoms with van der Waals surface area (Å²) in [5.41, 5.74) is 2.31. The lowest BCUT2D eigenvalue weighted by Gasteiger charge is -2.03. The van der Waals surface area contributed by atoms with E-state index in [0.717, 1.165) is 11.0 Å². The fraction of sp³-hybridized carbons (Fsp3) is 0.111. The highest BCUT2D eigenvalue weighted by Crippen LogP contribution is 2.31. The van der Waals surface area contributed by atoms with Crippen LogP contribution < -0.4 is 0 Å². The van der Waals surface area contributed by atoms with E-state index < -0.39 is 4.92 Å². The lowest BCUT2D eigenvalue weighted by atomic mass is 10.1. The molecule has 2 N–H and O–H groups in total. The Morgan fingerprint density at radius 2 is 2.19 bits per heavy atom. The van der Waals surface area contributed by atoms with Gasteiger partial charge >= 0.3 is 0 Å². The summed E-state index contributed by atoms with van der Waals surface area (Å²) in [6.07, 6.45) is 1.56. The number of nitro groups is 1. The number of benzene rings is 2. The third-order valence-electron chi connectivity index (χ3n) is 3.60. The number of imidazole rings is 1. The topological polar surface area (TPSA) is 116 Å². The third-order valence-corrected chi connectivity index (χ3v) is 4.65. The highest BCUT2D eigenvalue weighted by Gasteiger charge is 2.15. The van der Waals surface area contributed by atoms with E-state index in [1.807, 2.05) is 24.3 Å². The molecule has 0 unspecified atom stereocenters. The van der Waals surface area contributed by atoms with E-state index in [-0.39, 0.29) is 17.9 Å². The molecule has 0 spiro atoms. The standard InChI is InChI=1S/C18H14N4O3S/c19-11-13(18-20-14-3-1-2-4-15(14)21-18)9-12-5-6-17(26-8-7-23)16(10-12)22(24)25/h1-6,9-10,23H,7-8H2,(H,20,21)/b13-9-. The number of rotatable bonds is 6. The Morgan fingerprint density at radius 1 is 1.38 bits per heavy atom. The summed E-state index contributed by atoms with van der Waals surface area (Å²) < 4.78 is 0. The number of para-hydroxylation sites is 2. The maximum absolute atomic E-state index is 11.3. The van der Waals surface area contributed by atoms with Crippen molar-refractivity contribution < 1.29 is 10.0 Å². The number of hydrogen-bond acceptors (Lipinski definition) is 6. The number of hydrogen-bond donors (Lipinski definition) is 2. The van der Waals surface area contributed by atoms with E-state index in [9.17, 15) is 15.4 Å². The van der Waals surface area contributed by atoms with Crippen molar-refractivity contribution in [2.45, 2.75) is 4.90 Å². The molecule has 8 heteroatoms. The quantitative estimate of drug-likeness (QED) is 0.298. The Balaban J connectivity index is 2.00. The lowest BCUT2D eigenvalue weighted by molar-refractivity contribution is -0.387. The number of fused-ring (bicyclic) bond motifs is 1. The van der Waals surface area contributed by atoms with Crippen LogP contribution in [0.4, 0.5) is 5.69 Å². The normalized spacial score (nSPS) is 11.5. The van der Waals surface area contributed by atoms with Crippen LogP contribution in [0.25, 0.3) is 22.7 Å². The zero-order valence-corrected chi connectivity index (χ0v) is 14.4. The summed E-state index contributed by atoms with van der Waals surface area (Å²) >= 11 is 1.21. The number of aromatic nitrogens is 2. The van der Waals surface area contributed by atoms with Crippen LogP contribution in [0.3, 0.4) is 0 Å². The summed E-state index contributed by atoms with van der Waals surface area (Å²) in [4.78, 5) is 18.8. The van der Waals surface area contributed by atoms with Crippen molar-refractivity contribution in [3.63, 3.8) is 0 Å². The van der Waals surface area contributed by atoms with Gasteiger partial charge in [0.15, 0.2) is 0 Å². The molecule has 0 bridgehead atoms. The SMILES string of the molecule is N#C/C(=C/c1ccc(SCCO)c([N+](=O)[O-])c1)c1nc2ccccc2[nH]1. The van der Waals surface area contributed by atoms with Crippen LogP contribution in [-0.4, -0.2) is 32.4 Å². The molecule has 0 aliphatic rings. The van der Waals surface area contributed by atoms with E-state index in [2.05, 4.69) is 16.0 Å². The van der Waals surface area contributed by atoms with Gasteiger partial charge in [-0.25, -0.2) is 4.98 Å². The molecular weight excluding hydrogens is 352 g/mol. The number of H-pyrrole nitrogens is 1. The number of nitrogens with zero attached hydrogens (tertiary/aromatic N) is 3. The van der Waals surface area contributed by atoms with Crippen LogP contribution in [0.2, 0.25) is 0 Å². The number of aliphatic hydroxyl groups excluding tert-OH is 1. The van der Waals surface area contributed by atoms with Crippen LogP contribution in [0, 0.1) is 21.4 Å². The predicted octanol–water partition coefficient (Wildman–Crippen LogP) is 3.62. The van der Waals surface area contributed by atoms with Gasteiger partial charge in [0, 0.05) is 11.8 Å². The van der Waals surface area contributed by atoms with Crippen LogP contribution in [0.15, 0.2) is 47.4 Å². The molecule has 1 heterocycles. The molecule has 0 amide bonds. The minimum absolute atomic E-state index is 0.0564. The van der Waals surface area contributed by atoms with Gasteiger partial charge in [-0.05, 0) is 29.8 Å². The van der Waals surface area contributed by atoms with Crippen LogP contribution in [0.1, 0.15) is 11.4 Å². The first-order chi connectivity index (χ1) is 12.6. The Kier molecular flexibility index (Phi) is 5.31. The van der Waals surface area contributed by atoms with E-state index in [4.69, 9.17) is 5.11 Å². The summed E-state index contributed by atoms with van der Waals surface area (Å²) in [7, 11) is 0. The maximum Gasteiger partial charge on any atom is 0.283 e. The second-order valence-corrected chi connectivity index (χ2v) is 6.47. The highest BCUT2D eigenvalue weighted by atomic mass is 32.2. The largest absolute Gasteiger partial charge is 0.396 e. The van der Waals surface area contributed by atoms with Gasteiger partial charge in [0.1, 0.15) is 11.9 Å². The van der Waals surface area contributed by atoms with Crippen molar-refractivity contribution in [2.75, 3.05) is 12.4 Å². The Bertz CT molecular complexity index is 1000. The highest BCUT2D eigenvalue weighted by molar-refractivity contribution is 7.99. The van der Waals surface area contributed by atoms with Crippen LogP contribution in [0.5, 0.6) is 0 Å². The predicted molar refractivity (Wildman–Crippen MR) is 100 cm³/mol. The molecule has 2 aromatic carbocycles. The molecule has 130 valence electrons. The third kappa shape index (κ3) is 3.74. The molecular formula is C18H14N4O3S. The number of allylic oxidation sites excluding steroid dienone is 1. The van der Waals surface area contributed by atoms with Gasteiger partial charge in [-0.1, -0.05) is 18.2 Å². The van der Waals surface area contributed by atoms with Gasteiger partial charge in [-0.2, -0.15) is 5.26 Å². The first kappa shape index (κ1) is 17.7. The van der Waals surface area contributed by atoms with E-state index >= 15 is 0 Å². The summed E-state index contributed by atoms with van der Waals surface area (Å²) in [5, 5.41) is 29.7. The number of aliphatic hydroxyl groups is 1. The van der Waals surface area contributed by atoms with Gasteiger partial charge in [-0.15, -0.1) is 11.8 Å². The van der Waals surface area contributed by atoms with Crippen molar-refractivity contribution in [3.8, 4) is 6.07 Å². The van der Waals surface area contributed by atoms with Gasteiger partial charge in [0.05, 0.1) is 33.0 Å². The number of nitrogens with one attached hydrogen (secondary N) is 1. The molecule has 3 aromatic rings. The number of thioether (sulfide) groups is 1. The zero-order chi connectivity index (χ0) is 18.5. The average Bonchev–Trinajstić information content (AvgIpc) is 3.08. The number of nitriles is 1. The summed E-state index contributed by atoms with van der Waals surface area (Å²) in [5.74, 6) is 0.786. The first-order valence-electron chi connectivity index (χ1n) is 7.71. The molecule has 0 aliphatic carbocycles. The molecule has 3 rings (SSSR count). The first-order valence-corrected chi connectivity index (χ1v) is 8.70. The summed E-state index contributed by atoms with van der Waals surface area (Å²) in [6.45, 7) is -0.0614. The Labute approximate surface area is 153 Å². The molecule has 0 fully saturated rings. The average molecular weight is 366 g/mol. The van der Waals surface area contributed by atoms with E-state index in [0.29, 0.717) is 22.0 Å². The van der Waals surface area contributed by atoms with Gasteiger partial charge in [-0.3, -0.25) is 10.1 Å². The minimum atomic E-state index is -0.468. The van der Waals surface area contributed by atoms with Crippen LogP contribution >= 0.6 is 11.8 Å². The minimum Gasteiger partial charge on any atom is -0.396 e. The summed E-state index contributed by atoms with van der Waals surface area (Å²) in [6, 6.07) is 14.2. The van der Waals surface area contributed by atoms with Crippen molar-refractivity contribution in [1.29, 1.82) is 5.26 Å². The Hall–Kier alpha value is -3.15. The van der Waals surface area contributed by atoms with Crippen molar-refractivity contribution in [1.82, 2.24) is 9.97 Å². The van der Waals surface area contributed by atoms with Gasteiger partial charge < -0.3 is 10.1 Å². The number of aromatic amines is 1. The molecule has 0 atom stereocenters. The molecule has 0 aliphatic heterocycles. The lowest BCUT2D eigenvalue weighted by Crippen LogP contribution is -1.94. The van der Waals surface area contributed by atoms with Gasteiger partial charge in [0.25, 0.3) is 5.69 Å². The maximum atomic E-state index is 11.3. The van der Waals surface area contributed by atoms with E-state index in [1.165, 1.54) is 17.8 Å². The second-order valence-electron chi connectivity index (χ2n) is 5.33. The molecule has 0 radical (unpaired) electrons. The molecule has 1 aromatic heterocycles. The fourth-order valence-electron chi connectivity index (χ4n) is 2.45.